The van der Waals surface area contributed by atoms with Crippen LogP contribution in [0.5, 0.6) is 0 Å². The van der Waals surface area contributed by atoms with Crippen molar-refractivity contribution in [3.05, 3.63) is 349 Å². The molecule has 23 rings (SSSR count). The van der Waals surface area contributed by atoms with Crippen LogP contribution in [0.1, 0.15) is 33.4 Å². The molecule has 2 aliphatic rings. The highest BCUT2D eigenvalue weighted by molar-refractivity contribution is 6.48. The molecule has 0 spiro atoms. The lowest BCUT2D eigenvalue weighted by atomic mass is 9.81. The zero-order valence-electron chi connectivity index (χ0n) is 61.0. The highest BCUT2D eigenvalue weighted by Gasteiger charge is 2.36. The van der Waals surface area contributed by atoms with Gasteiger partial charge in [-0.05, 0) is 305 Å². The molecular weight excluding hydrogens is 1300 g/mol. The third-order valence-electron chi connectivity index (χ3n) is 25.2. The van der Waals surface area contributed by atoms with Crippen molar-refractivity contribution in [3.8, 4) is 134 Å². The molecule has 0 amide bonds. The molecule has 21 aromatic rings. The maximum absolute atomic E-state index is 2.50. The van der Waals surface area contributed by atoms with Gasteiger partial charge in [0.05, 0.1) is 0 Å². The van der Waals surface area contributed by atoms with Gasteiger partial charge in [0.15, 0.2) is 0 Å². The van der Waals surface area contributed by atoms with Crippen molar-refractivity contribution in [1.82, 2.24) is 0 Å². The number of hydrogen-bond donors (Lipinski definition) is 0. The van der Waals surface area contributed by atoms with E-state index in [1.54, 1.807) is 0 Å². The quantitative estimate of drug-likeness (QED) is 0.142. The van der Waals surface area contributed by atoms with Crippen LogP contribution in [0.3, 0.4) is 0 Å². The molecule has 0 unspecified atom stereocenters. The van der Waals surface area contributed by atoms with E-state index in [1.165, 1.54) is 275 Å². The smallest absolute Gasteiger partial charge is 0.000718 e. The van der Waals surface area contributed by atoms with Crippen molar-refractivity contribution < 1.29 is 0 Å². The molecule has 0 saturated heterocycles. The monoisotopic (exact) mass is 1370 g/mol. The van der Waals surface area contributed by atoms with Crippen LogP contribution in [0.25, 0.3) is 241 Å². The third kappa shape index (κ3) is 8.30. The molecule has 502 valence electrons. The number of benzene rings is 19. The molecular formula is C108H70. The molecule has 0 aromatic heterocycles. The molecule has 108 heavy (non-hydrogen) atoms. The first kappa shape index (κ1) is 61.1. The van der Waals surface area contributed by atoms with Gasteiger partial charge in [0.2, 0.25) is 0 Å². The fourth-order valence-electron chi connectivity index (χ4n) is 20.3. The topological polar surface area (TPSA) is 0 Å². The van der Waals surface area contributed by atoms with E-state index in [2.05, 4.69) is 357 Å². The Labute approximate surface area is 627 Å². The van der Waals surface area contributed by atoms with E-state index in [-0.39, 0.29) is 0 Å². The van der Waals surface area contributed by atoms with Gasteiger partial charge in [0.25, 0.3) is 0 Å². The summed E-state index contributed by atoms with van der Waals surface area (Å²) in [5, 5.41) is 25.8. The molecule has 21 aromatic carbocycles. The third-order valence-corrected chi connectivity index (χ3v) is 25.2. The Morgan fingerprint density at radius 1 is 0.130 bits per heavy atom. The lowest BCUT2D eigenvalue weighted by Crippen LogP contribution is -1.95. The average Bonchev–Trinajstić information content (AvgIpc) is 1.54. The van der Waals surface area contributed by atoms with Crippen molar-refractivity contribution in [1.29, 1.82) is 0 Å². The van der Waals surface area contributed by atoms with Crippen molar-refractivity contribution in [2.24, 2.45) is 0 Å². The van der Waals surface area contributed by atoms with Gasteiger partial charge < -0.3 is 0 Å². The average molecular weight is 1370 g/mol. The summed E-state index contributed by atoms with van der Waals surface area (Å²) in [7, 11) is 0. The van der Waals surface area contributed by atoms with Gasteiger partial charge in [-0.3, -0.25) is 0 Å². The number of aryl methyl sites for hydroxylation is 6. The minimum absolute atomic E-state index is 1.23. The Morgan fingerprint density at radius 3 is 0.667 bits per heavy atom. The van der Waals surface area contributed by atoms with Crippen LogP contribution in [-0.2, 0) is 0 Å². The van der Waals surface area contributed by atoms with E-state index < -0.39 is 0 Å². The van der Waals surface area contributed by atoms with Gasteiger partial charge >= 0.3 is 0 Å². The van der Waals surface area contributed by atoms with Gasteiger partial charge in [-0.15, -0.1) is 0 Å². The molecule has 0 fully saturated rings. The minimum Gasteiger partial charge on any atom is -0.0622 e. The second-order valence-corrected chi connectivity index (χ2v) is 31.0. The predicted molar refractivity (Wildman–Crippen MR) is 465 cm³/mol. The first-order chi connectivity index (χ1) is 53.1. The van der Waals surface area contributed by atoms with Crippen LogP contribution in [0, 0.1) is 41.5 Å². The molecule has 0 saturated carbocycles. The highest BCUT2D eigenvalue weighted by atomic mass is 14.4. The van der Waals surface area contributed by atoms with Crippen molar-refractivity contribution >= 4 is 108 Å². The number of hydrogen-bond acceptors (Lipinski definition) is 0. The Bertz CT molecular complexity index is 6800. The maximum atomic E-state index is 2.50. The molecule has 0 heteroatoms. The Morgan fingerprint density at radius 2 is 0.361 bits per heavy atom. The molecule has 0 radical (unpaired) electrons. The van der Waals surface area contributed by atoms with Gasteiger partial charge in [-0.1, -0.05) is 327 Å². The van der Waals surface area contributed by atoms with Gasteiger partial charge in [0.1, 0.15) is 0 Å². The SMILES string of the molecule is Cc1ccc(-c2c3c4cccc5c(-c6ccc7c8c(cccc68)-c6c-7c(-c7ccccc7)c7cc(C)c(C)cc7c6-c6ccccc6)ccc(c3c(-c3ccc(C)cc3)c3c6ccc(-c7ccc8c9c(cccc79)-c7c-8c(-c8ccccc8)c8cc(C)c(C)cc8c7-c7ccccc7)c7cccc(c23)c76)c54)cc1. The van der Waals surface area contributed by atoms with E-state index in [9.17, 15) is 0 Å². The summed E-state index contributed by atoms with van der Waals surface area (Å²) in [6.45, 7) is 13.5. The van der Waals surface area contributed by atoms with E-state index in [0.717, 1.165) is 0 Å². The standard InChI is InChI=1S/C108H70/c1-59-39-43-69(44-40-59)95-105-81-37-21-33-77-73(71-47-51-83-97-75(71)31-19-35-79(97)101-91(65-23-11-7-12-24-65)87-55-61(3)63(5)57-89(87)93(103(83)101)67-27-15-9-16-28-67)49-53-85(99(77)81)107(105)96(70-45-41-60(2)42-46-70)108-86-54-50-74(78-34-22-38-82(100(78)86)106(95)108)72-48-52-84-98-76(72)32-20-36-80(98)102-92(66-25-13-8-14-26-66)88-56-62(4)64(6)58-90(88)94(104(84)102)68-29-17-10-18-30-68/h7-58H,1-6H3. The second-order valence-electron chi connectivity index (χ2n) is 31.0. The number of rotatable bonds is 8. The summed E-state index contributed by atoms with van der Waals surface area (Å²) in [5.74, 6) is 0. The van der Waals surface area contributed by atoms with Gasteiger partial charge in [0, 0.05) is 0 Å². The number of fused-ring (bicyclic) bond motifs is 14. The van der Waals surface area contributed by atoms with Crippen LogP contribution in [-0.4, -0.2) is 0 Å². The minimum atomic E-state index is 1.23. The Balaban J connectivity index is 0.781. The normalized spacial score (nSPS) is 12.4. The van der Waals surface area contributed by atoms with Crippen molar-refractivity contribution in [3.63, 3.8) is 0 Å². The summed E-state index contributed by atoms with van der Waals surface area (Å²) >= 11 is 0. The fourth-order valence-corrected chi connectivity index (χ4v) is 20.3. The van der Waals surface area contributed by atoms with Gasteiger partial charge in [-0.25, -0.2) is 0 Å². The fraction of sp³-hybridized carbons (Fsp3) is 0.0556. The summed E-state index contributed by atoms with van der Waals surface area (Å²) in [4.78, 5) is 0. The maximum Gasteiger partial charge on any atom is -0.000718 e. The lowest BCUT2D eigenvalue weighted by molar-refractivity contribution is 1.37. The van der Waals surface area contributed by atoms with E-state index in [0.29, 0.717) is 0 Å². The zero-order valence-corrected chi connectivity index (χ0v) is 61.0. The second kappa shape index (κ2) is 22.6. The Kier molecular flexibility index (Phi) is 12.8. The van der Waals surface area contributed by atoms with Gasteiger partial charge in [-0.2, -0.15) is 0 Å². The molecule has 0 aliphatic heterocycles. The van der Waals surface area contributed by atoms with E-state index >= 15 is 0 Å². The van der Waals surface area contributed by atoms with Crippen LogP contribution in [0.2, 0.25) is 0 Å². The summed E-state index contributed by atoms with van der Waals surface area (Å²) in [5.41, 5.74) is 38.3. The van der Waals surface area contributed by atoms with Crippen LogP contribution >= 0.6 is 0 Å². The molecule has 0 atom stereocenters. The first-order valence-electron chi connectivity index (χ1n) is 38.2. The zero-order chi connectivity index (χ0) is 71.6. The van der Waals surface area contributed by atoms with Crippen LogP contribution in [0.4, 0.5) is 0 Å². The molecule has 2 aliphatic carbocycles. The summed E-state index contributed by atoms with van der Waals surface area (Å²) in [6.07, 6.45) is 0. The van der Waals surface area contributed by atoms with Crippen LogP contribution in [0.15, 0.2) is 315 Å². The largest absolute Gasteiger partial charge is 0.0622 e. The Hall–Kier alpha value is -13.3. The highest BCUT2D eigenvalue weighted by Crippen LogP contribution is 2.63. The lowest BCUT2D eigenvalue weighted by Gasteiger charge is -2.21. The molecule has 0 nitrogen and oxygen atoms in total. The first-order valence-corrected chi connectivity index (χ1v) is 38.2. The van der Waals surface area contributed by atoms with E-state index in [1.807, 2.05) is 0 Å². The van der Waals surface area contributed by atoms with E-state index in [4.69, 9.17) is 0 Å². The van der Waals surface area contributed by atoms with Crippen molar-refractivity contribution in [2.75, 3.05) is 0 Å². The summed E-state index contributed by atoms with van der Waals surface area (Å²) in [6, 6.07) is 122. The predicted octanol–water partition coefficient (Wildman–Crippen LogP) is 30.6. The van der Waals surface area contributed by atoms with Crippen molar-refractivity contribution in [2.45, 2.75) is 41.5 Å². The molecule has 0 N–H and O–H groups in total. The summed E-state index contributed by atoms with van der Waals surface area (Å²) < 4.78 is 0. The molecule has 0 bridgehead atoms. The molecule has 0 heterocycles. The van der Waals surface area contributed by atoms with Crippen LogP contribution < -0.4 is 0 Å².